The monoisotopic (exact) mass is 284 g/mol. The lowest BCUT2D eigenvalue weighted by Crippen LogP contribution is -2.11. The maximum Gasteiger partial charge on any atom is 0.308 e. The highest BCUT2D eigenvalue weighted by Gasteiger charge is 2.15. The number of benzene rings is 1. The predicted molar refractivity (Wildman–Crippen MR) is 77.1 cm³/mol. The minimum absolute atomic E-state index is 0.319. The van der Waals surface area contributed by atoms with E-state index in [2.05, 4.69) is 6.92 Å². The van der Waals surface area contributed by atoms with Crippen molar-refractivity contribution in [1.82, 2.24) is 0 Å². The minimum Gasteiger partial charge on any atom is -0.474 e. The molecule has 0 spiro atoms. The third-order valence-electron chi connectivity index (χ3n) is 2.99. The van der Waals surface area contributed by atoms with Crippen LogP contribution in [-0.4, -0.2) is 11.5 Å². The zero-order chi connectivity index (χ0) is 14.6. The van der Waals surface area contributed by atoms with Gasteiger partial charge in [0.05, 0.1) is 0 Å². The smallest absolute Gasteiger partial charge is 0.308 e. The van der Waals surface area contributed by atoms with E-state index in [4.69, 9.17) is 21.1 Å². The molecule has 0 aliphatic heterocycles. The van der Waals surface area contributed by atoms with E-state index in [1.54, 1.807) is 0 Å². The minimum atomic E-state index is -0.331. The molecule has 0 saturated carbocycles. The number of halogens is 1. The third-order valence-corrected chi connectivity index (χ3v) is 3.30. The van der Waals surface area contributed by atoms with Crippen molar-refractivity contribution in [3.8, 4) is 11.5 Å². The second-order valence-electron chi connectivity index (χ2n) is 4.68. The highest BCUT2D eigenvalue weighted by molar-refractivity contribution is 6.19. The Morgan fingerprint density at radius 2 is 1.95 bits per heavy atom. The molecule has 106 valence electrons. The van der Waals surface area contributed by atoms with Gasteiger partial charge < -0.3 is 9.47 Å². The Bertz CT molecular complexity index is 469. The lowest BCUT2D eigenvalue weighted by molar-refractivity contribution is -0.131. The molecular weight excluding hydrogens is 264 g/mol. The summed E-state index contributed by atoms with van der Waals surface area (Å²) in [5.74, 6) is 1.04. The normalized spacial score (nSPS) is 12.1. The SMILES string of the molecule is CCCC(Cl)Oc1cc(C)c(OC(C)=O)c(C)c1C. The predicted octanol–water partition coefficient (Wildman–Crippen LogP) is 4.28. The molecule has 1 rings (SSSR count). The maximum absolute atomic E-state index is 11.1. The molecule has 0 radical (unpaired) electrons. The number of ether oxygens (including phenoxy) is 2. The Morgan fingerprint density at radius 3 is 2.47 bits per heavy atom. The van der Waals surface area contributed by atoms with Crippen LogP contribution in [0.1, 0.15) is 43.4 Å². The molecular formula is C15H21ClO3. The van der Waals surface area contributed by atoms with E-state index in [0.717, 1.165) is 35.3 Å². The average Bonchev–Trinajstić information content (AvgIpc) is 2.31. The lowest BCUT2D eigenvalue weighted by atomic mass is 10.0. The Labute approximate surface area is 119 Å². The Balaban J connectivity index is 3.07. The summed E-state index contributed by atoms with van der Waals surface area (Å²) in [6.07, 6.45) is 1.77. The van der Waals surface area contributed by atoms with Crippen molar-refractivity contribution in [1.29, 1.82) is 0 Å². The van der Waals surface area contributed by atoms with Crippen LogP contribution in [0.4, 0.5) is 0 Å². The van der Waals surface area contributed by atoms with Gasteiger partial charge in [0.1, 0.15) is 11.5 Å². The van der Waals surface area contributed by atoms with Gasteiger partial charge in [-0.05, 0) is 49.9 Å². The van der Waals surface area contributed by atoms with E-state index in [-0.39, 0.29) is 11.5 Å². The largest absolute Gasteiger partial charge is 0.474 e. The Hall–Kier alpha value is -1.22. The standard InChI is InChI=1S/C15H21ClO3/c1-6-7-14(16)19-13-8-9(2)15(18-12(5)17)11(4)10(13)3/h8,14H,6-7H2,1-5H3. The van der Waals surface area contributed by atoms with E-state index >= 15 is 0 Å². The number of rotatable bonds is 5. The molecule has 1 aromatic carbocycles. The van der Waals surface area contributed by atoms with Gasteiger partial charge in [-0.15, -0.1) is 0 Å². The van der Waals surface area contributed by atoms with Gasteiger partial charge in [0, 0.05) is 6.92 Å². The van der Waals surface area contributed by atoms with Crippen molar-refractivity contribution in [2.45, 2.75) is 53.0 Å². The summed E-state index contributed by atoms with van der Waals surface area (Å²) in [4.78, 5) is 11.1. The highest BCUT2D eigenvalue weighted by atomic mass is 35.5. The number of carbonyl (C=O) groups excluding carboxylic acids is 1. The van der Waals surface area contributed by atoms with Gasteiger partial charge in [-0.2, -0.15) is 0 Å². The first-order chi connectivity index (χ1) is 8.86. The van der Waals surface area contributed by atoms with Crippen LogP contribution in [0.15, 0.2) is 6.07 Å². The summed E-state index contributed by atoms with van der Waals surface area (Å²) in [5.41, 5.74) is 2.39. The fourth-order valence-electron chi connectivity index (χ4n) is 1.87. The summed E-state index contributed by atoms with van der Waals surface area (Å²) in [5, 5.41) is 0. The number of aryl methyl sites for hydroxylation is 1. The summed E-state index contributed by atoms with van der Waals surface area (Å²) >= 11 is 6.11. The molecule has 0 N–H and O–H groups in total. The number of hydrogen-bond acceptors (Lipinski definition) is 3. The fraction of sp³-hybridized carbons (Fsp3) is 0.533. The molecule has 0 heterocycles. The van der Waals surface area contributed by atoms with Gasteiger partial charge in [-0.3, -0.25) is 4.79 Å². The maximum atomic E-state index is 11.1. The Kier molecular flexibility index (Phi) is 5.67. The fourth-order valence-corrected chi connectivity index (χ4v) is 2.18. The van der Waals surface area contributed by atoms with Crippen LogP contribution in [0.5, 0.6) is 11.5 Å². The van der Waals surface area contributed by atoms with Gasteiger partial charge in [-0.1, -0.05) is 24.9 Å². The van der Waals surface area contributed by atoms with Crippen LogP contribution >= 0.6 is 11.6 Å². The van der Waals surface area contributed by atoms with Crippen molar-refractivity contribution >= 4 is 17.6 Å². The first-order valence-corrected chi connectivity index (χ1v) is 6.90. The number of alkyl halides is 1. The van der Waals surface area contributed by atoms with Crippen LogP contribution in [0.3, 0.4) is 0 Å². The van der Waals surface area contributed by atoms with Crippen molar-refractivity contribution in [2.24, 2.45) is 0 Å². The van der Waals surface area contributed by atoms with Crippen LogP contribution in [-0.2, 0) is 4.79 Å². The summed E-state index contributed by atoms with van der Waals surface area (Å²) in [7, 11) is 0. The van der Waals surface area contributed by atoms with Crippen LogP contribution < -0.4 is 9.47 Å². The topological polar surface area (TPSA) is 35.5 Å². The van der Waals surface area contributed by atoms with Gasteiger partial charge in [0.2, 0.25) is 0 Å². The molecule has 0 aromatic heterocycles. The number of hydrogen-bond donors (Lipinski definition) is 0. The number of carbonyl (C=O) groups is 1. The van der Waals surface area contributed by atoms with E-state index < -0.39 is 0 Å². The second kappa shape index (κ2) is 6.80. The molecule has 0 aliphatic carbocycles. The molecule has 4 heteroatoms. The summed E-state index contributed by atoms with van der Waals surface area (Å²) in [6.45, 7) is 9.20. The third kappa shape index (κ3) is 4.13. The molecule has 0 fully saturated rings. The summed E-state index contributed by atoms with van der Waals surface area (Å²) in [6, 6.07) is 1.87. The molecule has 1 aromatic rings. The zero-order valence-corrected chi connectivity index (χ0v) is 12.9. The second-order valence-corrected chi connectivity index (χ2v) is 5.17. The van der Waals surface area contributed by atoms with Crippen LogP contribution in [0.2, 0.25) is 0 Å². The molecule has 3 nitrogen and oxygen atoms in total. The van der Waals surface area contributed by atoms with Crippen LogP contribution in [0, 0.1) is 20.8 Å². The average molecular weight is 285 g/mol. The Morgan fingerprint density at radius 1 is 1.32 bits per heavy atom. The molecule has 0 saturated heterocycles. The molecule has 0 aliphatic rings. The first-order valence-electron chi connectivity index (χ1n) is 6.46. The quantitative estimate of drug-likeness (QED) is 0.460. The van der Waals surface area contributed by atoms with Crippen molar-refractivity contribution in [3.05, 3.63) is 22.8 Å². The van der Waals surface area contributed by atoms with E-state index in [1.807, 2.05) is 26.8 Å². The molecule has 1 unspecified atom stereocenters. The van der Waals surface area contributed by atoms with Crippen LogP contribution in [0.25, 0.3) is 0 Å². The number of esters is 1. The zero-order valence-electron chi connectivity index (χ0n) is 12.2. The molecule has 0 bridgehead atoms. The lowest BCUT2D eigenvalue weighted by Gasteiger charge is -2.18. The van der Waals surface area contributed by atoms with Crippen molar-refractivity contribution in [3.63, 3.8) is 0 Å². The van der Waals surface area contributed by atoms with Crippen molar-refractivity contribution < 1.29 is 14.3 Å². The van der Waals surface area contributed by atoms with Crippen molar-refractivity contribution in [2.75, 3.05) is 0 Å². The van der Waals surface area contributed by atoms with Gasteiger partial charge in [0.25, 0.3) is 0 Å². The highest BCUT2D eigenvalue weighted by Crippen LogP contribution is 2.34. The molecule has 19 heavy (non-hydrogen) atoms. The summed E-state index contributed by atoms with van der Waals surface area (Å²) < 4.78 is 11.0. The van der Waals surface area contributed by atoms with Gasteiger partial charge >= 0.3 is 5.97 Å². The van der Waals surface area contributed by atoms with Gasteiger partial charge in [0.15, 0.2) is 5.56 Å². The van der Waals surface area contributed by atoms with E-state index in [1.165, 1.54) is 6.92 Å². The van der Waals surface area contributed by atoms with E-state index in [0.29, 0.717) is 5.75 Å². The molecule has 0 amide bonds. The molecule has 1 atom stereocenters. The van der Waals surface area contributed by atoms with Gasteiger partial charge in [-0.25, -0.2) is 0 Å². The first kappa shape index (κ1) is 15.8. The van der Waals surface area contributed by atoms with E-state index in [9.17, 15) is 4.79 Å².